The van der Waals surface area contributed by atoms with Gasteiger partial charge in [0.05, 0.1) is 25.8 Å². The molecule has 1 amide bonds. The Morgan fingerprint density at radius 3 is 2.50 bits per heavy atom. The van der Waals surface area contributed by atoms with Crippen molar-refractivity contribution in [2.45, 2.75) is 45.4 Å². The van der Waals surface area contributed by atoms with Crippen molar-refractivity contribution in [3.63, 3.8) is 0 Å². The summed E-state index contributed by atoms with van der Waals surface area (Å²) in [6, 6.07) is 8.34. The first kappa shape index (κ1) is 22.2. The normalized spacial score (nSPS) is 15.3. The van der Waals surface area contributed by atoms with Crippen molar-refractivity contribution in [1.82, 2.24) is 15.5 Å². The molecule has 1 aliphatic rings. The molecule has 1 aromatic carbocycles. The molecule has 1 saturated heterocycles. The van der Waals surface area contributed by atoms with E-state index in [1.807, 2.05) is 0 Å². The fourth-order valence-electron chi connectivity index (χ4n) is 2.70. The van der Waals surface area contributed by atoms with E-state index in [1.54, 1.807) is 19.0 Å². The lowest BCUT2D eigenvalue weighted by Crippen LogP contribution is -2.43. The number of guanidine groups is 1. The average Bonchev–Trinajstić information content (AvgIpc) is 2.73. The van der Waals surface area contributed by atoms with Gasteiger partial charge in [0.15, 0.2) is 5.96 Å². The first-order chi connectivity index (χ1) is 13.6. The molecule has 2 N–H and O–H groups in total. The number of aliphatic imine (C=N–C) groups is 1. The second-order valence-corrected chi connectivity index (χ2v) is 7.17. The Labute approximate surface area is 168 Å². The van der Waals surface area contributed by atoms with E-state index in [9.17, 15) is 4.79 Å². The van der Waals surface area contributed by atoms with Crippen LogP contribution in [0.1, 0.15) is 37.3 Å². The lowest BCUT2D eigenvalue weighted by molar-refractivity contribution is -0.127. The number of likely N-dealkylation sites (N-methyl/N-ethyl adjacent to an activating group) is 1. The second-order valence-electron chi connectivity index (χ2n) is 7.17. The van der Waals surface area contributed by atoms with E-state index in [0.29, 0.717) is 25.2 Å². The number of benzene rings is 1. The van der Waals surface area contributed by atoms with Gasteiger partial charge in [-0.25, -0.2) is 4.99 Å². The molecule has 0 atom stereocenters. The van der Waals surface area contributed by atoms with Crippen LogP contribution in [0.5, 0.6) is 0 Å². The van der Waals surface area contributed by atoms with Gasteiger partial charge in [0.25, 0.3) is 0 Å². The number of hydrogen-bond donors (Lipinski definition) is 2. The van der Waals surface area contributed by atoms with Crippen LogP contribution in [-0.4, -0.2) is 63.3 Å². The number of carbonyl (C=O) groups excluding carboxylic acids is 1. The summed E-state index contributed by atoms with van der Waals surface area (Å²) < 4.78 is 11.3. The van der Waals surface area contributed by atoms with Crippen LogP contribution in [0.25, 0.3) is 0 Å². The summed E-state index contributed by atoms with van der Waals surface area (Å²) in [6.07, 6.45) is 3.25. The molecule has 1 aliphatic heterocycles. The number of nitrogens with one attached hydrogen (secondary N) is 2. The quantitative estimate of drug-likeness (QED) is 0.498. The number of amides is 1. The average molecular weight is 391 g/mol. The Bertz CT molecular complexity index is 611. The highest BCUT2D eigenvalue weighted by Gasteiger charge is 2.13. The van der Waals surface area contributed by atoms with Crippen molar-refractivity contribution in [2.75, 3.05) is 40.4 Å². The third kappa shape index (κ3) is 8.27. The van der Waals surface area contributed by atoms with Crippen molar-refractivity contribution >= 4 is 11.9 Å². The van der Waals surface area contributed by atoms with E-state index in [0.717, 1.165) is 44.6 Å². The number of hydrogen-bond acceptors (Lipinski definition) is 4. The van der Waals surface area contributed by atoms with Crippen LogP contribution in [-0.2, 0) is 27.4 Å². The summed E-state index contributed by atoms with van der Waals surface area (Å²) >= 11 is 0. The second kappa shape index (κ2) is 12.4. The standard InChI is InChI=1S/C21H34N4O3/c1-4-11-22-21(24-15-20(26)25(2)3)23-14-17-5-7-18(8-6-17)16-28-19-9-12-27-13-10-19/h5-8,19H,4,9-16H2,1-3H3,(H2,22,23,24). The Kier molecular flexibility index (Phi) is 9.79. The van der Waals surface area contributed by atoms with Crippen LogP contribution >= 0.6 is 0 Å². The highest BCUT2D eigenvalue weighted by atomic mass is 16.5. The Hall–Kier alpha value is -2.12. The van der Waals surface area contributed by atoms with Crippen LogP contribution in [0.4, 0.5) is 0 Å². The minimum Gasteiger partial charge on any atom is -0.381 e. The molecule has 0 spiro atoms. The van der Waals surface area contributed by atoms with Gasteiger partial charge in [-0.2, -0.15) is 0 Å². The molecule has 0 bridgehead atoms. The molecule has 0 radical (unpaired) electrons. The zero-order valence-corrected chi connectivity index (χ0v) is 17.4. The highest BCUT2D eigenvalue weighted by Crippen LogP contribution is 2.14. The Morgan fingerprint density at radius 2 is 1.86 bits per heavy atom. The molecule has 7 nitrogen and oxygen atoms in total. The van der Waals surface area contributed by atoms with E-state index < -0.39 is 0 Å². The molecule has 0 aromatic heterocycles. The summed E-state index contributed by atoms with van der Waals surface area (Å²) in [5, 5.41) is 6.33. The summed E-state index contributed by atoms with van der Waals surface area (Å²) in [7, 11) is 3.49. The van der Waals surface area contributed by atoms with Crippen molar-refractivity contribution < 1.29 is 14.3 Å². The van der Waals surface area contributed by atoms with Crippen LogP contribution < -0.4 is 10.6 Å². The molecule has 2 rings (SSSR count). The van der Waals surface area contributed by atoms with Gasteiger partial charge in [-0.15, -0.1) is 0 Å². The SMILES string of the molecule is CCCNC(=NCc1ccc(COC2CCOCC2)cc1)NCC(=O)N(C)C. The van der Waals surface area contributed by atoms with E-state index in [4.69, 9.17) is 9.47 Å². The maximum Gasteiger partial charge on any atom is 0.241 e. The summed E-state index contributed by atoms with van der Waals surface area (Å²) in [6.45, 7) is 5.91. The lowest BCUT2D eigenvalue weighted by atomic mass is 10.1. The molecule has 1 fully saturated rings. The maximum atomic E-state index is 11.8. The Morgan fingerprint density at radius 1 is 1.18 bits per heavy atom. The monoisotopic (exact) mass is 390 g/mol. The topological polar surface area (TPSA) is 75.2 Å². The number of carbonyl (C=O) groups is 1. The summed E-state index contributed by atoms with van der Waals surface area (Å²) in [4.78, 5) is 17.9. The molecule has 0 saturated carbocycles. The fraction of sp³-hybridized carbons (Fsp3) is 0.619. The number of nitrogens with zero attached hydrogens (tertiary/aromatic N) is 2. The third-order valence-corrected chi connectivity index (χ3v) is 4.55. The van der Waals surface area contributed by atoms with Gasteiger partial charge in [-0.05, 0) is 30.4 Å². The first-order valence-electron chi connectivity index (χ1n) is 10.1. The molecular weight excluding hydrogens is 356 g/mol. The molecular formula is C21H34N4O3. The highest BCUT2D eigenvalue weighted by molar-refractivity contribution is 5.86. The van der Waals surface area contributed by atoms with Gasteiger partial charge in [-0.3, -0.25) is 4.79 Å². The third-order valence-electron chi connectivity index (χ3n) is 4.55. The van der Waals surface area contributed by atoms with Gasteiger partial charge in [-0.1, -0.05) is 31.2 Å². The van der Waals surface area contributed by atoms with Crippen molar-refractivity contribution in [2.24, 2.45) is 4.99 Å². The summed E-state index contributed by atoms with van der Waals surface area (Å²) in [5.41, 5.74) is 2.28. The predicted molar refractivity (Wildman–Crippen MR) is 111 cm³/mol. The molecule has 0 unspecified atom stereocenters. The van der Waals surface area contributed by atoms with Crippen LogP contribution in [0, 0.1) is 0 Å². The van der Waals surface area contributed by atoms with Crippen molar-refractivity contribution in [3.8, 4) is 0 Å². The van der Waals surface area contributed by atoms with Gasteiger partial charge >= 0.3 is 0 Å². The molecule has 156 valence electrons. The van der Waals surface area contributed by atoms with E-state index in [1.165, 1.54) is 5.56 Å². The van der Waals surface area contributed by atoms with E-state index in [-0.39, 0.29) is 12.5 Å². The van der Waals surface area contributed by atoms with Gasteiger partial charge in [0, 0.05) is 33.9 Å². The minimum absolute atomic E-state index is 0.0138. The van der Waals surface area contributed by atoms with Gasteiger partial charge < -0.3 is 25.0 Å². The molecule has 7 heteroatoms. The fourth-order valence-corrected chi connectivity index (χ4v) is 2.70. The summed E-state index contributed by atoms with van der Waals surface area (Å²) in [5.74, 6) is 0.670. The maximum absolute atomic E-state index is 11.8. The molecule has 0 aliphatic carbocycles. The van der Waals surface area contributed by atoms with Gasteiger partial charge in [0.1, 0.15) is 0 Å². The predicted octanol–water partition coefficient (Wildman–Crippen LogP) is 1.92. The Balaban J connectivity index is 1.83. The molecule has 1 aromatic rings. The van der Waals surface area contributed by atoms with E-state index >= 15 is 0 Å². The van der Waals surface area contributed by atoms with Crippen molar-refractivity contribution in [3.05, 3.63) is 35.4 Å². The van der Waals surface area contributed by atoms with Crippen molar-refractivity contribution in [1.29, 1.82) is 0 Å². The smallest absolute Gasteiger partial charge is 0.241 e. The first-order valence-corrected chi connectivity index (χ1v) is 10.1. The minimum atomic E-state index is 0.0138. The molecule has 28 heavy (non-hydrogen) atoms. The lowest BCUT2D eigenvalue weighted by Gasteiger charge is -2.22. The van der Waals surface area contributed by atoms with Crippen LogP contribution in [0.3, 0.4) is 0 Å². The van der Waals surface area contributed by atoms with Crippen LogP contribution in [0.15, 0.2) is 29.3 Å². The number of ether oxygens (including phenoxy) is 2. The van der Waals surface area contributed by atoms with E-state index in [2.05, 4.69) is 46.8 Å². The number of rotatable bonds is 9. The molecule has 1 heterocycles. The van der Waals surface area contributed by atoms with Gasteiger partial charge in [0.2, 0.25) is 5.91 Å². The largest absolute Gasteiger partial charge is 0.381 e. The zero-order valence-electron chi connectivity index (χ0n) is 17.4. The zero-order chi connectivity index (χ0) is 20.2. The van der Waals surface area contributed by atoms with Crippen LogP contribution in [0.2, 0.25) is 0 Å².